The Hall–Kier alpha value is -2.37. The highest BCUT2D eigenvalue weighted by atomic mass is 16.5. The van der Waals surface area contributed by atoms with Crippen molar-refractivity contribution in [2.24, 2.45) is 5.92 Å². The molecular formula is C23H28N2O3. The number of benzene rings is 2. The van der Waals surface area contributed by atoms with Crippen molar-refractivity contribution in [3.63, 3.8) is 0 Å². The number of urea groups is 1. The molecule has 0 saturated carbocycles. The molecule has 148 valence electrons. The SMILES string of the molecule is COCC[C@]1(O)CCN(C(=O)Nc2ccc3c(c2)Cc2ccccc2-3)C[C@H]1C. The van der Waals surface area contributed by atoms with Crippen LogP contribution in [0.15, 0.2) is 42.5 Å². The van der Waals surface area contributed by atoms with Crippen LogP contribution in [0.25, 0.3) is 11.1 Å². The molecule has 2 amide bonds. The molecule has 2 N–H and O–H groups in total. The maximum absolute atomic E-state index is 12.8. The summed E-state index contributed by atoms with van der Waals surface area (Å²) in [6.45, 7) is 3.63. The fraction of sp³-hybridized carbons (Fsp3) is 0.435. The third-order valence-electron chi connectivity index (χ3n) is 6.30. The van der Waals surface area contributed by atoms with E-state index < -0.39 is 5.60 Å². The number of ether oxygens (including phenoxy) is 1. The van der Waals surface area contributed by atoms with Gasteiger partial charge in [0.05, 0.1) is 5.60 Å². The number of carbonyl (C=O) groups is 1. The van der Waals surface area contributed by atoms with E-state index in [4.69, 9.17) is 4.74 Å². The number of rotatable bonds is 4. The number of nitrogens with one attached hydrogen (secondary N) is 1. The molecule has 1 aliphatic carbocycles. The smallest absolute Gasteiger partial charge is 0.321 e. The van der Waals surface area contributed by atoms with Crippen molar-refractivity contribution in [1.29, 1.82) is 0 Å². The van der Waals surface area contributed by atoms with Gasteiger partial charge in [0, 0.05) is 38.4 Å². The van der Waals surface area contributed by atoms with Gasteiger partial charge >= 0.3 is 6.03 Å². The highest BCUT2D eigenvalue weighted by molar-refractivity contribution is 5.90. The molecule has 1 saturated heterocycles. The summed E-state index contributed by atoms with van der Waals surface area (Å²) in [5.74, 6) is 0.0108. The maximum Gasteiger partial charge on any atom is 0.321 e. The Kier molecular flexibility index (Phi) is 5.13. The lowest BCUT2D eigenvalue weighted by molar-refractivity contribution is -0.0725. The van der Waals surface area contributed by atoms with Crippen LogP contribution in [0, 0.1) is 5.92 Å². The first-order chi connectivity index (χ1) is 13.5. The molecule has 4 rings (SSSR count). The number of fused-ring (bicyclic) bond motifs is 3. The highest BCUT2D eigenvalue weighted by Crippen LogP contribution is 2.37. The van der Waals surface area contributed by atoms with Gasteiger partial charge in [0.15, 0.2) is 0 Å². The molecule has 28 heavy (non-hydrogen) atoms. The van der Waals surface area contributed by atoms with Crippen LogP contribution < -0.4 is 5.32 Å². The van der Waals surface area contributed by atoms with Crippen LogP contribution in [-0.2, 0) is 11.2 Å². The molecule has 2 aliphatic rings. The first-order valence-electron chi connectivity index (χ1n) is 9.98. The standard InChI is InChI=1S/C23H28N2O3/c1-16-15-25(11-9-23(16,27)10-12-28-2)22(26)24-19-7-8-21-18(14-19)13-17-5-3-4-6-20(17)21/h3-8,14,16,27H,9-13,15H2,1-2H3,(H,24,26)/t16-,23-/m1/s1. The zero-order valence-corrected chi connectivity index (χ0v) is 16.6. The van der Waals surface area contributed by atoms with E-state index in [1.807, 2.05) is 13.0 Å². The average molecular weight is 380 g/mol. The largest absolute Gasteiger partial charge is 0.389 e. The molecule has 1 aliphatic heterocycles. The molecule has 1 fully saturated rings. The first kappa shape index (κ1) is 19.0. The van der Waals surface area contributed by atoms with Gasteiger partial charge < -0.3 is 20.1 Å². The quantitative estimate of drug-likeness (QED) is 0.722. The van der Waals surface area contributed by atoms with Crippen molar-refractivity contribution < 1.29 is 14.6 Å². The van der Waals surface area contributed by atoms with Gasteiger partial charge in [-0.25, -0.2) is 4.79 Å². The Morgan fingerprint density at radius 1 is 1.25 bits per heavy atom. The predicted octanol–water partition coefficient (Wildman–Crippen LogP) is 3.90. The topological polar surface area (TPSA) is 61.8 Å². The zero-order valence-electron chi connectivity index (χ0n) is 16.6. The molecule has 2 aromatic rings. The summed E-state index contributed by atoms with van der Waals surface area (Å²) in [5.41, 5.74) is 5.19. The lowest BCUT2D eigenvalue weighted by Gasteiger charge is -2.43. The van der Waals surface area contributed by atoms with E-state index in [0.29, 0.717) is 32.5 Å². The van der Waals surface area contributed by atoms with E-state index in [9.17, 15) is 9.90 Å². The van der Waals surface area contributed by atoms with E-state index in [1.165, 1.54) is 22.3 Å². The molecule has 0 aromatic heterocycles. The third-order valence-corrected chi connectivity index (χ3v) is 6.30. The van der Waals surface area contributed by atoms with Crippen LogP contribution in [-0.4, -0.2) is 48.4 Å². The Balaban J connectivity index is 1.41. The normalized spacial score (nSPS) is 23.2. The van der Waals surface area contributed by atoms with Gasteiger partial charge in [-0.15, -0.1) is 0 Å². The van der Waals surface area contributed by atoms with Gasteiger partial charge in [0.2, 0.25) is 0 Å². The summed E-state index contributed by atoms with van der Waals surface area (Å²) in [6, 6.07) is 14.5. The Morgan fingerprint density at radius 3 is 2.82 bits per heavy atom. The number of piperidine rings is 1. The fourth-order valence-corrected chi connectivity index (χ4v) is 4.43. The number of carbonyl (C=O) groups excluding carboxylic acids is 1. The number of hydrogen-bond acceptors (Lipinski definition) is 3. The molecule has 0 radical (unpaired) electrons. The first-order valence-corrected chi connectivity index (χ1v) is 9.98. The monoisotopic (exact) mass is 380 g/mol. The third kappa shape index (κ3) is 3.52. The maximum atomic E-state index is 12.8. The molecule has 2 atom stereocenters. The van der Waals surface area contributed by atoms with Gasteiger partial charge in [0.1, 0.15) is 0 Å². The second-order valence-electron chi connectivity index (χ2n) is 8.08. The number of hydrogen-bond donors (Lipinski definition) is 2. The molecule has 5 nitrogen and oxygen atoms in total. The molecule has 0 spiro atoms. The van der Waals surface area contributed by atoms with E-state index in [0.717, 1.165) is 12.1 Å². The van der Waals surface area contributed by atoms with Crippen molar-refractivity contribution in [2.75, 3.05) is 32.1 Å². The van der Waals surface area contributed by atoms with Crippen molar-refractivity contribution in [3.05, 3.63) is 53.6 Å². The summed E-state index contributed by atoms with van der Waals surface area (Å²) in [6.07, 6.45) is 2.08. The number of aliphatic hydroxyl groups is 1. The predicted molar refractivity (Wildman–Crippen MR) is 110 cm³/mol. The van der Waals surface area contributed by atoms with Crippen LogP contribution >= 0.6 is 0 Å². The van der Waals surface area contributed by atoms with Crippen molar-refractivity contribution in [1.82, 2.24) is 4.90 Å². The number of amides is 2. The van der Waals surface area contributed by atoms with Crippen LogP contribution in [0.5, 0.6) is 0 Å². The number of methoxy groups -OCH3 is 1. The fourth-order valence-electron chi connectivity index (χ4n) is 4.43. The molecule has 1 heterocycles. The number of nitrogens with zero attached hydrogens (tertiary/aromatic N) is 1. The summed E-state index contributed by atoms with van der Waals surface area (Å²) < 4.78 is 5.12. The van der Waals surface area contributed by atoms with Crippen molar-refractivity contribution >= 4 is 11.7 Å². The van der Waals surface area contributed by atoms with Gasteiger partial charge in [-0.05, 0) is 53.6 Å². The van der Waals surface area contributed by atoms with Crippen molar-refractivity contribution in [3.8, 4) is 11.1 Å². The van der Waals surface area contributed by atoms with E-state index in [1.54, 1.807) is 12.0 Å². The lowest BCUT2D eigenvalue weighted by atomic mass is 9.80. The molecular weight excluding hydrogens is 352 g/mol. The van der Waals surface area contributed by atoms with E-state index in [2.05, 4.69) is 41.7 Å². The highest BCUT2D eigenvalue weighted by Gasteiger charge is 2.39. The average Bonchev–Trinajstić information content (AvgIpc) is 3.06. The minimum Gasteiger partial charge on any atom is -0.389 e. The summed E-state index contributed by atoms with van der Waals surface area (Å²) >= 11 is 0. The van der Waals surface area contributed by atoms with Gasteiger partial charge in [-0.3, -0.25) is 0 Å². The van der Waals surface area contributed by atoms with Crippen LogP contribution in [0.1, 0.15) is 30.9 Å². The van der Waals surface area contributed by atoms with E-state index in [-0.39, 0.29) is 11.9 Å². The Morgan fingerprint density at radius 2 is 2.04 bits per heavy atom. The van der Waals surface area contributed by atoms with Crippen molar-refractivity contribution in [2.45, 2.75) is 31.8 Å². The Bertz CT molecular complexity index is 882. The molecule has 2 aromatic carbocycles. The van der Waals surface area contributed by atoms with Gasteiger partial charge in [-0.2, -0.15) is 0 Å². The zero-order chi connectivity index (χ0) is 19.7. The molecule has 5 heteroatoms. The minimum atomic E-state index is -0.758. The molecule has 0 bridgehead atoms. The summed E-state index contributed by atoms with van der Waals surface area (Å²) in [5, 5.41) is 13.9. The Labute approximate surface area is 166 Å². The van der Waals surface area contributed by atoms with Gasteiger partial charge in [0.25, 0.3) is 0 Å². The summed E-state index contributed by atoms with van der Waals surface area (Å²) in [7, 11) is 1.64. The van der Waals surface area contributed by atoms with Crippen LogP contribution in [0.2, 0.25) is 0 Å². The lowest BCUT2D eigenvalue weighted by Crippen LogP contribution is -2.53. The molecule has 0 unspecified atom stereocenters. The van der Waals surface area contributed by atoms with E-state index >= 15 is 0 Å². The second-order valence-corrected chi connectivity index (χ2v) is 8.08. The minimum absolute atomic E-state index is 0.0108. The van der Waals surface area contributed by atoms with Gasteiger partial charge in [-0.1, -0.05) is 37.3 Å². The number of anilines is 1. The number of likely N-dealkylation sites (tertiary alicyclic amines) is 1. The summed E-state index contributed by atoms with van der Waals surface area (Å²) in [4.78, 5) is 14.6. The second kappa shape index (κ2) is 7.57. The van der Waals surface area contributed by atoms with Crippen LogP contribution in [0.3, 0.4) is 0 Å². The van der Waals surface area contributed by atoms with Crippen LogP contribution in [0.4, 0.5) is 10.5 Å².